The fourth-order valence-electron chi connectivity index (χ4n) is 3.88. The van der Waals surface area contributed by atoms with E-state index < -0.39 is 0 Å². The highest BCUT2D eigenvalue weighted by molar-refractivity contribution is 5.97. The van der Waals surface area contributed by atoms with Gasteiger partial charge in [0, 0.05) is 25.2 Å². The van der Waals surface area contributed by atoms with E-state index in [0.717, 1.165) is 37.0 Å². The van der Waals surface area contributed by atoms with Gasteiger partial charge in [-0.05, 0) is 37.1 Å². The number of fused-ring (bicyclic) bond motifs is 1. The predicted molar refractivity (Wildman–Crippen MR) is 100 cm³/mol. The highest BCUT2D eigenvalue weighted by Gasteiger charge is 2.30. The zero-order chi connectivity index (χ0) is 18.1. The SMILES string of the molecule is Cn1cc(C(=O)N2CCCCC[C@H]2c2ccco2)c(=O)c2ccccc21. The minimum Gasteiger partial charge on any atom is -0.467 e. The fourth-order valence-corrected chi connectivity index (χ4v) is 3.88. The van der Waals surface area contributed by atoms with Crippen LogP contribution >= 0.6 is 0 Å². The second-order valence-corrected chi connectivity index (χ2v) is 6.88. The number of hydrogen-bond acceptors (Lipinski definition) is 3. The second kappa shape index (κ2) is 6.83. The molecule has 1 aliphatic heterocycles. The Morgan fingerprint density at radius 3 is 2.77 bits per heavy atom. The number of aryl methyl sites for hydroxylation is 1. The summed E-state index contributed by atoms with van der Waals surface area (Å²) in [6, 6.07) is 11.0. The van der Waals surface area contributed by atoms with E-state index in [2.05, 4.69) is 0 Å². The molecule has 0 saturated carbocycles. The van der Waals surface area contributed by atoms with Crippen LogP contribution < -0.4 is 5.43 Å². The lowest BCUT2D eigenvalue weighted by Gasteiger charge is -2.28. The van der Waals surface area contributed by atoms with Crippen molar-refractivity contribution in [1.82, 2.24) is 9.47 Å². The number of hydrogen-bond donors (Lipinski definition) is 0. The Labute approximate surface area is 151 Å². The number of benzene rings is 1. The Kier molecular flexibility index (Phi) is 4.37. The van der Waals surface area contributed by atoms with Crippen LogP contribution in [0.15, 0.2) is 58.1 Å². The first-order chi connectivity index (χ1) is 12.7. The van der Waals surface area contributed by atoms with Crippen LogP contribution in [0.25, 0.3) is 10.9 Å². The quantitative estimate of drug-likeness (QED) is 0.704. The largest absolute Gasteiger partial charge is 0.467 e. The van der Waals surface area contributed by atoms with Gasteiger partial charge in [-0.15, -0.1) is 0 Å². The van der Waals surface area contributed by atoms with Crippen molar-refractivity contribution in [2.45, 2.75) is 31.7 Å². The highest BCUT2D eigenvalue weighted by Crippen LogP contribution is 2.31. The second-order valence-electron chi connectivity index (χ2n) is 6.88. The highest BCUT2D eigenvalue weighted by atomic mass is 16.3. The molecule has 1 fully saturated rings. The molecule has 134 valence electrons. The number of carbonyl (C=O) groups excluding carboxylic acids is 1. The van der Waals surface area contributed by atoms with Crippen LogP contribution in [0.5, 0.6) is 0 Å². The summed E-state index contributed by atoms with van der Waals surface area (Å²) >= 11 is 0. The van der Waals surface area contributed by atoms with Crippen LogP contribution in [0.3, 0.4) is 0 Å². The third-order valence-corrected chi connectivity index (χ3v) is 5.21. The molecule has 3 aromatic rings. The van der Waals surface area contributed by atoms with E-state index in [-0.39, 0.29) is 22.9 Å². The predicted octanol–water partition coefficient (Wildman–Crippen LogP) is 3.89. The Morgan fingerprint density at radius 2 is 1.96 bits per heavy atom. The van der Waals surface area contributed by atoms with Crippen molar-refractivity contribution >= 4 is 16.8 Å². The third kappa shape index (κ3) is 2.83. The molecule has 1 atom stereocenters. The van der Waals surface area contributed by atoms with Gasteiger partial charge in [-0.2, -0.15) is 0 Å². The van der Waals surface area contributed by atoms with Gasteiger partial charge in [0.15, 0.2) is 0 Å². The fraction of sp³-hybridized carbons (Fsp3) is 0.333. The molecular formula is C21H22N2O3. The van der Waals surface area contributed by atoms with Gasteiger partial charge in [-0.1, -0.05) is 25.0 Å². The Hall–Kier alpha value is -2.82. The summed E-state index contributed by atoms with van der Waals surface area (Å²) < 4.78 is 7.44. The number of nitrogens with zero attached hydrogens (tertiary/aromatic N) is 2. The van der Waals surface area contributed by atoms with Gasteiger partial charge in [-0.25, -0.2) is 0 Å². The number of likely N-dealkylation sites (tertiary alicyclic amines) is 1. The Morgan fingerprint density at radius 1 is 1.12 bits per heavy atom. The summed E-state index contributed by atoms with van der Waals surface area (Å²) in [5, 5.41) is 0.574. The molecule has 26 heavy (non-hydrogen) atoms. The van der Waals surface area contributed by atoms with Crippen LogP contribution in [0, 0.1) is 0 Å². The maximum absolute atomic E-state index is 13.3. The van der Waals surface area contributed by atoms with Gasteiger partial charge < -0.3 is 13.9 Å². The molecule has 0 aliphatic carbocycles. The minimum absolute atomic E-state index is 0.115. The molecule has 1 aromatic carbocycles. The van der Waals surface area contributed by atoms with E-state index >= 15 is 0 Å². The van der Waals surface area contributed by atoms with Crippen molar-refractivity contribution in [3.8, 4) is 0 Å². The molecule has 0 spiro atoms. The number of amides is 1. The number of para-hydroxylation sites is 1. The van der Waals surface area contributed by atoms with Gasteiger partial charge in [0.2, 0.25) is 5.43 Å². The third-order valence-electron chi connectivity index (χ3n) is 5.21. The summed E-state index contributed by atoms with van der Waals surface area (Å²) in [7, 11) is 1.87. The molecule has 1 saturated heterocycles. The Balaban J connectivity index is 1.79. The summed E-state index contributed by atoms with van der Waals surface area (Å²) in [6.45, 7) is 0.639. The smallest absolute Gasteiger partial charge is 0.259 e. The van der Waals surface area contributed by atoms with Crippen LogP contribution in [-0.4, -0.2) is 21.9 Å². The molecule has 2 aromatic heterocycles. The molecule has 1 amide bonds. The van der Waals surface area contributed by atoms with E-state index in [1.54, 1.807) is 18.5 Å². The normalized spacial score (nSPS) is 18.0. The van der Waals surface area contributed by atoms with Crippen LogP contribution in [0.2, 0.25) is 0 Å². The van der Waals surface area contributed by atoms with E-state index in [4.69, 9.17) is 4.42 Å². The number of aromatic nitrogens is 1. The monoisotopic (exact) mass is 350 g/mol. The number of rotatable bonds is 2. The molecule has 0 bridgehead atoms. The van der Waals surface area contributed by atoms with Gasteiger partial charge in [0.25, 0.3) is 5.91 Å². The lowest BCUT2D eigenvalue weighted by molar-refractivity contribution is 0.0656. The first-order valence-electron chi connectivity index (χ1n) is 9.09. The molecule has 4 rings (SSSR count). The van der Waals surface area contributed by atoms with E-state index in [1.807, 2.05) is 46.8 Å². The average Bonchev–Trinajstić information content (AvgIpc) is 3.08. The number of carbonyl (C=O) groups is 1. The lowest BCUT2D eigenvalue weighted by Crippen LogP contribution is -2.37. The molecule has 5 nitrogen and oxygen atoms in total. The lowest BCUT2D eigenvalue weighted by atomic mass is 10.1. The maximum atomic E-state index is 13.3. The molecule has 0 unspecified atom stereocenters. The number of pyridine rings is 1. The summed E-state index contributed by atoms with van der Waals surface area (Å²) in [6.07, 6.45) is 7.22. The summed E-state index contributed by atoms with van der Waals surface area (Å²) in [5.41, 5.74) is 0.850. The van der Waals surface area contributed by atoms with Crippen LogP contribution in [0.4, 0.5) is 0 Å². The molecular weight excluding hydrogens is 328 g/mol. The van der Waals surface area contributed by atoms with E-state index in [1.165, 1.54) is 0 Å². The molecule has 0 N–H and O–H groups in total. The zero-order valence-electron chi connectivity index (χ0n) is 14.9. The van der Waals surface area contributed by atoms with E-state index in [0.29, 0.717) is 11.9 Å². The van der Waals surface area contributed by atoms with Crippen molar-refractivity contribution in [3.05, 3.63) is 70.4 Å². The van der Waals surface area contributed by atoms with Crippen LogP contribution in [-0.2, 0) is 7.05 Å². The number of furan rings is 1. The topological polar surface area (TPSA) is 55.5 Å². The van der Waals surface area contributed by atoms with Crippen molar-refractivity contribution in [2.75, 3.05) is 6.54 Å². The van der Waals surface area contributed by atoms with Crippen molar-refractivity contribution in [3.63, 3.8) is 0 Å². The standard InChI is InChI=1S/C21H22N2O3/c1-22-14-16(20(24)15-8-4-5-9-17(15)22)21(25)23-12-6-2-3-10-18(23)19-11-7-13-26-19/h4-5,7-9,11,13-14,18H,2-3,6,10,12H2,1H3/t18-/m0/s1. The van der Waals surface area contributed by atoms with Gasteiger partial charge >= 0.3 is 0 Å². The van der Waals surface area contributed by atoms with Gasteiger partial charge in [0.05, 0.1) is 17.8 Å². The van der Waals surface area contributed by atoms with E-state index in [9.17, 15) is 9.59 Å². The Bertz CT molecular complexity index is 988. The molecule has 0 radical (unpaired) electrons. The van der Waals surface area contributed by atoms with Crippen molar-refractivity contribution in [2.24, 2.45) is 7.05 Å². The zero-order valence-corrected chi connectivity index (χ0v) is 14.9. The molecule has 1 aliphatic rings. The van der Waals surface area contributed by atoms with Crippen molar-refractivity contribution in [1.29, 1.82) is 0 Å². The maximum Gasteiger partial charge on any atom is 0.259 e. The average molecular weight is 350 g/mol. The van der Waals surface area contributed by atoms with Gasteiger partial charge in [-0.3, -0.25) is 9.59 Å². The van der Waals surface area contributed by atoms with Crippen molar-refractivity contribution < 1.29 is 9.21 Å². The summed E-state index contributed by atoms with van der Waals surface area (Å²) in [4.78, 5) is 28.1. The summed E-state index contributed by atoms with van der Waals surface area (Å²) in [5.74, 6) is 0.581. The minimum atomic E-state index is -0.209. The molecule has 5 heteroatoms. The first kappa shape index (κ1) is 16.6. The first-order valence-corrected chi connectivity index (χ1v) is 9.09. The molecule has 3 heterocycles. The van der Waals surface area contributed by atoms with Gasteiger partial charge in [0.1, 0.15) is 11.3 Å². The van der Waals surface area contributed by atoms with Crippen LogP contribution in [0.1, 0.15) is 47.8 Å².